The second-order valence-electron chi connectivity index (χ2n) is 8.12. The number of nitrogens with one attached hydrogen (secondary N) is 1. The van der Waals surface area contributed by atoms with E-state index in [1.807, 2.05) is 77.7 Å². The standard InChI is InChI=1S/C28H26N2O2S/c31-28(30-18-17-29-20-22(30)19-21-9-3-1-4-10-21)27-16-15-26(33-27)24-13-7-8-14-25(24)32-23-11-5-2-6-12-23/h1-16,22,29H,17-20H2. The van der Waals surface area contributed by atoms with E-state index in [-0.39, 0.29) is 11.9 Å². The van der Waals surface area contributed by atoms with Crippen LogP contribution in [0.5, 0.6) is 11.5 Å². The molecule has 3 aromatic carbocycles. The molecular formula is C28H26N2O2S. The van der Waals surface area contributed by atoms with E-state index in [2.05, 4.69) is 29.6 Å². The Labute approximate surface area is 198 Å². The highest BCUT2D eigenvalue weighted by molar-refractivity contribution is 7.17. The molecular weight excluding hydrogens is 428 g/mol. The SMILES string of the molecule is O=C(c1ccc(-c2ccccc2Oc2ccccc2)s1)N1CCNCC1Cc1ccccc1. The first kappa shape index (κ1) is 21.4. The maximum atomic E-state index is 13.5. The van der Waals surface area contributed by atoms with Crippen LogP contribution in [0.2, 0.25) is 0 Å². The summed E-state index contributed by atoms with van der Waals surface area (Å²) in [7, 11) is 0. The van der Waals surface area contributed by atoms with Gasteiger partial charge in [0.15, 0.2) is 0 Å². The molecule has 1 atom stereocenters. The quantitative estimate of drug-likeness (QED) is 0.397. The Kier molecular flexibility index (Phi) is 6.51. The molecule has 1 fully saturated rings. The predicted octanol–water partition coefficient (Wildman–Crippen LogP) is 5.86. The first-order chi connectivity index (χ1) is 16.3. The zero-order valence-electron chi connectivity index (χ0n) is 18.3. The smallest absolute Gasteiger partial charge is 0.264 e. The van der Waals surface area contributed by atoms with Gasteiger partial charge in [-0.3, -0.25) is 4.79 Å². The Morgan fingerprint density at radius 3 is 2.45 bits per heavy atom. The monoisotopic (exact) mass is 454 g/mol. The zero-order chi connectivity index (χ0) is 22.5. The summed E-state index contributed by atoms with van der Waals surface area (Å²) < 4.78 is 6.14. The summed E-state index contributed by atoms with van der Waals surface area (Å²) in [6.45, 7) is 2.35. The zero-order valence-corrected chi connectivity index (χ0v) is 19.1. The molecule has 1 aliphatic heterocycles. The number of carbonyl (C=O) groups is 1. The minimum atomic E-state index is 0.107. The summed E-state index contributed by atoms with van der Waals surface area (Å²) in [5.41, 5.74) is 2.24. The van der Waals surface area contributed by atoms with Crippen molar-refractivity contribution in [2.75, 3.05) is 19.6 Å². The van der Waals surface area contributed by atoms with Crippen molar-refractivity contribution in [1.82, 2.24) is 10.2 Å². The van der Waals surface area contributed by atoms with Crippen LogP contribution in [-0.4, -0.2) is 36.5 Å². The van der Waals surface area contributed by atoms with Crippen molar-refractivity contribution < 1.29 is 9.53 Å². The molecule has 166 valence electrons. The number of carbonyl (C=O) groups excluding carboxylic acids is 1. The van der Waals surface area contributed by atoms with Crippen molar-refractivity contribution in [3.05, 3.63) is 108 Å². The maximum Gasteiger partial charge on any atom is 0.264 e. The molecule has 5 rings (SSSR count). The van der Waals surface area contributed by atoms with Crippen LogP contribution in [0, 0.1) is 0 Å². The van der Waals surface area contributed by atoms with E-state index >= 15 is 0 Å². The summed E-state index contributed by atoms with van der Waals surface area (Å²) in [6.07, 6.45) is 0.853. The third kappa shape index (κ3) is 5.00. The van der Waals surface area contributed by atoms with Gasteiger partial charge in [0.1, 0.15) is 11.5 Å². The van der Waals surface area contributed by atoms with E-state index in [0.29, 0.717) is 0 Å². The molecule has 0 spiro atoms. The summed E-state index contributed by atoms with van der Waals surface area (Å²) in [5.74, 6) is 1.69. The summed E-state index contributed by atoms with van der Waals surface area (Å²) in [4.78, 5) is 17.3. The summed E-state index contributed by atoms with van der Waals surface area (Å²) in [5, 5.41) is 3.45. The minimum Gasteiger partial charge on any atom is -0.457 e. The molecule has 0 radical (unpaired) electrons. The lowest BCUT2D eigenvalue weighted by Crippen LogP contribution is -2.54. The van der Waals surface area contributed by atoms with Crippen molar-refractivity contribution in [3.63, 3.8) is 0 Å². The van der Waals surface area contributed by atoms with Gasteiger partial charge in [0.25, 0.3) is 5.91 Å². The van der Waals surface area contributed by atoms with Crippen molar-refractivity contribution in [3.8, 4) is 21.9 Å². The first-order valence-electron chi connectivity index (χ1n) is 11.3. The highest BCUT2D eigenvalue weighted by atomic mass is 32.1. The number of piperazine rings is 1. The number of rotatable bonds is 6. The van der Waals surface area contributed by atoms with Gasteiger partial charge in [-0.1, -0.05) is 60.7 Å². The molecule has 1 unspecified atom stereocenters. The van der Waals surface area contributed by atoms with E-state index in [1.54, 1.807) is 0 Å². The van der Waals surface area contributed by atoms with Crippen LogP contribution in [0.3, 0.4) is 0 Å². The summed E-state index contributed by atoms with van der Waals surface area (Å²) in [6, 6.07) is 32.3. The average Bonchev–Trinajstić information content (AvgIpc) is 3.36. The van der Waals surface area contributed by atoms with Crippen molar-refractivity contribution >= 4 is 17.2 Å². The number of ether oxygens (including phenoxy) is 1. The molecule has 0 aliphatic carbocycles. The van der Waals surface area contributed by atoms with E-state index < -0.39 is 0 Å². The fourth-order valence-corrected chi connectivity index (χ4v) is 5.20. The van der Waals surface area contributed by atoms with Gasteiger partial charge in [-0.2, -0.15) is 0 Å². The number of hydrogen-bond donors (Lipinski definition) is 1. The molecule has 4 aromatic rings. The third-order valence-corrected chi connectivity index (χ3v) is 6.97. The second-order valence-corrected chi connectivity index (χ2v) is 9.21. The Morgan fingerprint density at radius 1 is 0.909 bits per heavy atom. The molecule has 1 aliphatic rings. The molecule has 1 aromatic heterocycles. The fourth-order valence-electron chi connectivity index (χ4n) is 4.21. The van der Waals surface area contributed by atoms with Gasteiger partial charge in [-0.15, -0.1) is 11.3 Å². The molecule has 0 saturated carbocycles. The van der Waals surface area contributed by atoms with Gasteiger partial charge < -0.3 is 15.0 Å². The maximum absolute atomic E-state index is 13.5. The molecule has 5 heteroatoms. The molecule has 1 saturated heterocycles. The largest absolute Gasteiger partial charge is 0.457 e. The number of para-hydroxylation sites is 2. The lowest BCUT2D eigenvalue weighted by molar-refractivity contribution is 0.0641. The molecule has 4 nitrogen and oxygen atoms in total. The van der Waals surface area contributed by atoms with Gasteiger partial charge in [0, 0.05) is 36.1 Å². The lowest BCUT2D eigenvalue weighted by atomic mass is 10.0. The second kappa shape index (κ2) is 10.0. The van der Waals surface area contributed by atoms with E-state index in [0.717, 1.165) is 52.9 Å². The van der Waals surface area contributed by atoms with Gasteiger partial charge in [0.05, 0.1) is 4.88 Å². The van der Waals surface area contributed by atoms with Crippen molar-refractivity contribution in [1.29, 1.82) is 0 Å². The first-order valence-corrected chi connectivity index (χ1v) is 12.1. The highest BCUT2D eigenvalue weighted by Gasteiger charge is 2.28. The van der Waals surface area contributed by atoms with Crippen LogP contribution >= 0.6 is 11.3 Å². The van der Waals surface area contributed by atoms with E-state index in [1.165, 1.54) is 16.9 Å². The molecule has 1 N–H and O–H groups in total. The number of thiophene rings is 1. The number of benzene rings is 3. The normalized spacial score (nSPS) is 15.9. The molecule has 0 bridgehead atoms. The van der Waals surface area contributed by atoms with Crippen LogP contribution in [0.25, 0.3) is 10.4 Å². The van der Waals surface area contributed by atoms with Gasteiger partial charge in [-0.25, -0.2) is 0 Å². The van der Waals surface area contributed by atoms with Gasteiger partial charge >= 0.3 is 0 Å². The van der Waals surface area contributed by atoms with Crippen molar-refractivity contribution in [2.24, 2.45) is 0 Å². The van der Waals surface area contributed by atoms with Crippen LogP contribution in [0.1, 0.15) is 15.2 Å². The topological polar surface area (TPSA) is 41.6 Å². The fraction of sp³-hybridized carbons (Fsp3) is 0.179. The molecule has 2 heterocycles. The molecule has 1 amide bonds. The highest BCUT2D eigenvalue weighted by Crippen LogP contribution is 2.37. The van der Waals surface area contributed by atoms with E-state index in [4.69, 9.17) is 4.74 Å². The predicted molar refractivity (Wildman–Crippen MR) is 134 cm³/mol. The van der Waals surface area contributed by atoms with Gasteiger partial charge in [0.2, 0.25) is 0 Å². The van der Waals surface area contributed by atoms with Gasteiger partial charge in [-0.05, 0) is 48.4 Å². The summed E-state index contributed by atoms with van der Waals surface area (Å²) >= 11 is 1.53. The Balaban J connectivity index is 1.37. The molecule has 33 heavy (non-hydrogen) atoms. The van der Waals surface area contributed by atoms with Crippen LogP contribution in [0.15, 0.2) is 97.1 Å². The minimum absolute atomic E-state index is 0.107. The average molecular weight is 455 g/mol. The number of nitrogens with zero attached hydrogens (tertiary/aromatic N) is 1. The third-order valence-electron chi connectivity index (χ3n) is 5.87. The Morgan fingerprint density at radius 2 is 1.64 bits per heavy atom. The van der Waals surface area contributed by atoms with Crippen molar-refractivity contribution in [2.45, 2.75) is 12.5 Å². The Hall–Kier alpha value is -3.41. The number of amides is 1. The number of hydrogen-bond acceptors (Lipinski definition) is 4. The van der Waals surface area contributed by atoms with Crippen LogP contribution in [0.4, 0.5) is 0 Å². The Bertz CT molecular complexity index is 1210. The van der Waals surface area contributed by atoms with Crippen LogP contribution in [-0.2, 0) is 6.42 Å². The van der Waals surface area contributed by atoms with Crippen LogP contribution < -0.4 is 10.1 Å². The lowest BCUT2D eigenvalue weighted by Gasteiger charge is -2.36. The van der Waals surface area contributed by atoms with E-state index in [9.17, 15) is 4.79 Å².